The number of quaternary nitrogens is 1. The van der Waals surface area contributed by atoms with Gasteiger partial charge in [-0.15, -0.1) is 0 Å². The lowest BCUT2D eigenvalue weighted by molar-refractivity contribution is -0.885. The first-order valence-electron chi connectivity index (χ1n) is 6.70. The second-order valence-corrected chi connectivity index (χ2v) is 5.87. The molecule has 5 nitrogen and oxygen atoms in total. The smallest absolute Gasteiger partial charge is 0.275 e. The van der Waals surface area contributed by atoms with E-state index in [0.717, 1.165) is 21.5 Å². The fraction of sp³-hybridized carbons (Fsp3) is 0.429. The lowest BCUT2D eigenvalue weighted by Crippen LogP contribution is -3.16. The van der Waals surface area contributed by atoms with Crippen molar-refractivity contribution < 1.29 is 14.5 Å². The van der Waals surface area contributed by atoms with E-state index in [1.54, 1.807) is 0 Å². The molecule has 1 aromatic carbocycles. The zero-order valence-electron chi connectivity index (χ0n) is 11.4. The highest BCUT2D eigenvalue weighted by Gasteiger charge is 2.23. The van der Waals surface area contributed by atoms with Crippen molar-refractivity contribution in [3.63, 3.8) is 0 Å². The van der Waals surface area contributed by atoms with E-state index < -0.39 is 0 Å². The quantitative estimate of drug-likeness (QED) is 0.701. The summed E-state index contributed by atoms with van der Waals surface area (Å²) < 4.78 is 0.984. The predicted octanol–water partition coefficient (Wildman–Crippen LogP) is -0.359. The second kappa shape index (κ2) is 6.85. The van der Waals surface area contributed by atoms with Crippen LogP contribution in [0.5, 0.6) is 0 Å². The van der Waals surface area contributed by atoms with Gasteiger partial charge in [-0.05, 0) is 18.6 Å². The van der Waals surface area contributed by atoms with Crippen molar-refractivity contribution >= 4 is 27.7 Å². The molecule has 0 spiro atoms. The van der Waals surface area contributed by atoms with Gasteiger partial charge in [0.15, 0.2) is 13.1 Å². The van der Waals surface area contributed by atoms with Crippen LogP contribution in [0, 0.1) is 0 Å². The molecule has 20 heavy (non-hydrogen) atoms. The summed E-state index contributed by atoms with van der Waals surface area (Å²) in [6.07, 6.45) is 0. The Kier molecular flexibility index (Phi) is 5.14. The van der Waals surface area contributed by atoms with Crippen molar-refractivity contribution in [1.29, 1.82) is 0 Å². The Hall–Kier alpha value is -1.40. The number of benzene rings is 1. The maximum Gasteiger partial charge on any atom is 0.275 e. The summed E-state index contributed by atoms with van der Waals surface area (Å²) in [6, 6.07) is 7.77. The summed E-state index contributed by atoms with van der Waals surface area (Å²) in [7, 11) is 0. The molecule has 2 amide bonds. The minimum atomic E-state index is -0.0592. The normalized spacial score (nSPS) is 20.1. The standard InChI is InChI=1S/C14H18BrN3O2/c1-10(11-4-2-3-5-12(11)15)17-14(20)9-18-7-6-16-13(19)8-18/h2-5,10H,6-9H2,1H3,(H,16,19)(H,17,20)/p+1/t10-/m0/s1. The van der Waals surface area contributed by atoms with E-state index in [9.17, 15) is 9.59 Å². The van der Waals surface area contributed by atoms with Gasteiger partial charge in [0.25, 0.3) is 11.8 Å². The van der Waals surface area contributed by atoms with Gasteiger partial charge in [0.05, 0.1) is 19.1 Å². The zero-order chi connectivity index (χ0) is 14.5. The highest BCUT2D eigenvalue weighted by Crippen LogP contribution is 2.22. The van der Waals surface area contributed by atoms with Gasteiger partial charge in [-0.25, -0.2) is 0 Å². The first-order chi connectivity index (χ1) is 9.56. The van der Waals surface area contributed by atoms with E-state index in [0.29, 0.717) is 19.6 Å². The van der Waals surface area contributed by atoms with Gasteiger partial charge in [0.1, 0.15) is 0 Å². The number of hydrogen-bond acceptors (Lipinski definition) is 2. The number of nitrogens with one attached hydrogen (secondary N) is 3. The number of hydrogen-bond donors (Lipinski definition) is 3. The van der Waals surface area contributed by atoms with Crippen molar-refractivity contribution in [2.24, 2.45) is 0 Å². The SMILES string of the molecule is C[C@H](NC(=O)C[NH+]1CCNC(=O)C1)c1ccccc1Br. The van der Waals surface area contributed by atoms with Crippen molar-refractivity contribution in [3.05, 3.63) is 34.3 Å². The third-order valence-corrected chi connectivity index (χ3v) is 4.09. The van der Waals surface area contributed by atoms with Gasteiger partial charge in [0, 0.05) is 4.47 Å². The van der Waals surface area contributed by atoms with Gasteiger partial charge < -0.3 is 15.5 Å². The molecular weight excluding hydrogens is 322 g/mol. The Balaban J connectivity index is 1.88. The fourth-order valence-electron chi connectivity index (χ4n) is 2.33. The minimum absolute atomic E-state index is 0.0119. The number of carbonyl (C=O) groups is 2. The molecule has 0 saturated carbocycles. The Labute approximate surface area is 126 Å². The molecule has 1 aromatic rings. The minimum Gasteiger partial charge on any atom is -0.346 e. The van der Waals surface area contributed by atoms with Crippen LogP contribution in [0.1, 0.15) is 18.5 Å². The first-order valence-corrected chi connectivity index (χ1v) is 7.49. The molecule has 0 aromatic heterocycles. The lowest BCUT2D eigenvalue weighted by Gasteiger charge is -2.24. The van der Waals surface area contributed by atoms with Crippen molar-refractivity contribution in [2.75, 3.05) is 26.2 Å². The maximum atomic E-state index is 12.0. The molecule has 1 unspecified atom stereocenters. The zero-order valence-corrected chi connectivity index (χ0v) is 13.0. The molecule has 2 atom stereocenters. The largest absolute Gasteiger partial charge is 0.346 e. The van der Waals surface area contributed by atoms with E-state index in [2.05, 4.69) is 26.6 Å². The summed E-state index contributed by atoms with van der Waals surface area (Å²) in [4.78, 5) is 24.3. The van der Waals surface area contributed by atoms with E-state index >= 15 is 0 Å². The van der Waals surface area contributed by atoms with Crippen molar-refractivity contribution in [3.8, 4) is 0 Å². The average molecular weight is 341 g/mol. The van der Waals surface area contributed by atoms with Crippen molar-refractivity contribution in [1.82, 2.24) is 10.6 Å². The molecule has 1 fully saturated rings. The molecule has 6 heteroatoms. The Morgan fingerprint density at radius 3 is 2.95 bits per heavy atom. The predicted molar refractivity (Wildman–Crippen MR) is 79.3 cm³/mol. The molecule has 1 saturated heterocycles. The van der Waals surface area contributed by atoms with Gasteiger partial charge in [-0.2, -0.15) is 0 Å². The highest BCUT2D eigenvalue weighted by atomic mass is 79.9. The molecule has 2 rings (SSSR count). The molecule has 1 aliphatic rings. The Morgan fingerprint density at radius 1 is 1.50 bits per heavy atom. The topological polar surface area (TPSA) is 62.6 Å². The van der Waals surface area contributed by atoms with Crippen LogP contribution in [0.25, 0.3) is 0 Å². The van der Waals surface area contributed by atoms with Gasteiger partial charge in [0.2, 0.25) is 0 Å². The number of piperazine rings is 1. The summed E-state index contributed by atoms with van der Waals surface area (Å²) in [5.74, 6) is -0.0177. The summed E-state index contributed by atoms with van der Waals surface area (Å²) >= 11 is 3.48. The fourth-order valence-corrected chi connectivity index (χ4v) is 2.96. The van der Waals surface area contributed by atoms with Crippen LogP contribution in [-0.2, 0) is 9.59 Å². The van der Waals surface area contributed by atoms with Crippen LogP contribution in [0.15, 0.2) is 28.7 Å². The molecule has 0 radical (unpaired) electrons. The maximum absolute atomic E-state index is 12.0. The highest BCUT2D eigenvalue weighted by molar-refractivity contribution is 9.10. The molecule has 3 N–H and O–H groups in total. The molecule has 0 bridgehead atoms. The summed E-state index contributed by atoms with van der Waals surface area (Å²) in [6.45, 7) is 4.10. The first kappa shape index (κ1) is 15.0. The molecule has 1 aliphatic heterocycles. The monoisotopic (exact) mass is 340 g/mol. The number of rotatable bonds is 4. The van der Waals surface area contributed by atoms with Gasteiger partial charge >= 0.3 is 0 Å². The van der Waals surface area contributed by atoms with Crippen molar-refractivity contribution in [2.45, 2.75) is 13.0 Å². The van der Waals surface area contributed by atoms with Crippen LogP contribution in [0.3, 0.4) is 0 Å². The number of amides is 2. The number of carbonyl (C=O) groups excluding carboxylic acids is 2. The van der Waals surface area contributed by atoms with E-state index in [1.807, 2.05) is 31.2 Å². The Morgan fingerprint density at radius 2 is 2.25 bits per heavy atom. The average Bonchev–Trinajstić information content (AvgIpc) is 2.38. The second-order valence-electron chi connectivity index (χ2n) is 5.01. The third kappa shape index (κ3) is 4.05. The molecule has 1 heterocycles. The lowest BCUT2D eigenvalue weighted by atomic mass is 10.1. The van der Waals surface area contributed by atoms with Crippen LogP contribution >= 0.6 is 15.9 Å². The van der Waals surface area contributed by atoms with Crippen LogP contribution in [0.4, 0.5) is 0 Å². The summed E-state index contributed by atoms with van der Waals surface area (Å²) in [5, 5.41) is 5.74. The molecule has 108 valence electrons. The van der Waals surface area contributed by atoms with Crippen LogP contribution < -0.4 is 15.5 Å². The van der Waals surface area contributed by atoms with E-state index in [-0.39, 0.29) is 17.9 Å². The molecule has 0 aliphatic carbocycles. The van der Waals surface area contributed by atoms with Crippen LogP contribution in [0.2, 0.25) is 0 Å². The van der Waals surface area contributed by atoms with E-state index in [4.69, 9.17) is 0 Å². The summed E-state index contributed by atoms with van der Waals surface area (Å²) in [5.41, 5.74) is 1.05. The molecular formula is C14H19BrN3O2+. The Bertz CT molecular complexity index is 507. The van der Waals surface area contributed by atoms with Gasteiger partial charge in [-0.3, -0.25) is 9.59 Å². The third-order valence-electron chi connectivity index (χ3n) is 3.37. The van der Waals surface area contributed by atoms with Gasteiger partial charge in [-0.1, -0.05) is 34.1 Å². The number of halogens is 1. The van der Waals surface area contributed by atoms with Crippen LogP contribution in [-0.4, -0.2) is 38.0 Å². The van der Waals surface area contributed by atoms with E-state index in [1.165, 1.54) is 0 Å².